The Bertz CT molecular complexity index is 317. The maximum atomic E-state index is 12.0. The lowest BCUT2D eigenvalue weighted by Crippen LogP contribution is -2.39. The Kier molecular flexibility index (Phi) is 6.65. The van der Waals surface area contributed by atoms with Gasteiger partial charge >= 0.3 is 6.09 Å². The first-order valence-electron chi connectivity index (χ1n) is 7.45. The first-order chi connectivity index (χ1) is 9.26. The molecule has 1 aliphatic heterocycles. The third-order valence-electron chi connectivity index (χ3n) is 3.18. The summed E-state index contributed by atoms with van der Waals surface area (Å²) >= 11 is 1.94. The molecular formula is C15H29NO3S. The smallest absolute Gasteiger partial charge is 0.410 e. The van der Waals surface area contributed by atoms with Gasteiger partial charge < -0.3 is 14.4 Å². The fraction of sp³-hybridized carbons (Fsp3) is 0.933. The third kappa shape index (κ3) is 6.35. The van der Waals surface area contributed by atoms with E-state index < -0.39 is 5.60 Å². The first kappa shape index (κ1) is 17.6. The molecule has 0 bridgehead atoms. The first-order valence-corrected chi connectivity index (χ1v) is 8.61. The van der Waals surface area contributed by atoms with E-state index in [0.717, 1.165) is 37.5 Å². The predicted molar refractivity (Wildman–Crippen MR) is 84.4 cm³/mol. The Morgan fingerprint density at radius 3 is 2.70 bits per heavy atom. The number of amides is 1. The maximum absolute atomic E-state index is 12.0. The van der Waals surface area contributed by atoms with Crippen LogP contribution in [0.4, 0.5) is 4.79 Å². The number of carbonyl (C=O) groups is 1. The van der Waals surface area contributed by atoms with Crippen LogP contribution in [0.25, 0.3) is 0 Å². The lowest BCUT2D eigenvalue weighted by Gasteiger charge is -2.27. The van der Waals surface area contributed by atoms with Gasteiger partial charge in [0.05, 0.1) is 12.1 Å². The van der Waals surface area contributed by atoms with E-state index >= 15 is 0 Å². The topological polar surface area (TPSA) is 38.8 Å². The van der Waals surface area contributed by atoms with Crippen molar-refractivity contribution in [3.05, 3.63) is 0 Å². The highest BCUT2D eigenvalue weighted by molar-refractivity contribution is 7.99. The van der Waals surface area contributed by atoms with Crippen molar-refractivity contribution in [1.82, 2.24) is 4.90 Å². The summed E-state index contributed by atoms with van der Waals surface area (Å²) in [6.45, 7) is 12.0. The summed E-state index contributed by atoms with van der Waals surface area (Å²) in [5.41, 5.74) is -0.651. The summed E-state index contributed by atoms with van der Waals surface area (Å²) in [4.78, 5) is 13.8. The van der Waals surface area contributed by atoms with Crippen LogP contribution in [0.5, 0.6) is 0 Å². The average Bonchev–Trinajstić information content (AvgIpc) is 2.70. The molecule has 5 heteroatoms. The molecule has 118 valence electrons. The van der Waals surface area contributed by atoms with Crippen molar-refractivity contribution in [3.63, 3.8) is 0 Å². The van der Waals surface area contributed by atoms with Crippen LogP contribution >= 0.6 is 11.8 Å². The highest BCUT2D eigenvalue weighted by Crippen LogP contribution is 2.26. The molecule has 1 aliphatic rings. The molecule has 0 radical (unpaired) electrons. The van der Waals surface area contributed by atoms with E-state index in [1.54, 1.807) is 4.90 Å². The molecule has 0 saturated carbocycles. The number of thioether (sulfide) groups is 1. The zero-order chi connectivity index (χ0) is 15.2. The molecule has 20 heavy (non-hydrogen) atoms. The number of rotatable bonds is 6. The normalized spacial score (nSPS) is 23.1. The van der Waals surface area contributed by atoms with Crippen molar-refractivity contribution in [2.24, 2.45) is 0 Å². The third-order valence-corrected chi connectivity index (χ3v) is 4.16. The largest absolute Gasteiger partial charge is 0.444 e. The van der Waals surface area contributed by atoms with Crippen LogP contribution in [0.1, 0.15) is 47.5 Å². The van der Waals surface area contributed by atoms with Gasteiger partial charge in [0.25, 0.3) is 0 Å². The summed E-state index contributed by atoms with van der Waals surface area (Å²) in [7, 11) is 0. The van der Waals surface area contributed by atoms with Crippen LogP contribution in [0, 0.1) is 0 Å². The molecule has 1 unspecified atom stereocenters. The van der Waals surface area contributed by atoms with E-state index in [1.165, 1.54) is 0 Å². The van der Waals surface area contributed by atoms with Gasteiger partial charge in [-0.15, -0.1) is 0 Å². The van der Waals surface area contributed by atoms with Gasteiger partial charge in [0, 0.05) is 13.2 Å². The molecule has 1 amide bonds. The van der Waals surface area contributed by atoms with Gasteiger partial charge in [-0.2, -0.15) is 11.8 Å². The number of hydrogen-bond acceptors (Lipinski definition) is 4. The van der Waals surface area contributed by atoms with E-state index in [4.69, 9.17) is 9.47 Å². The standard InChI is InChI=1S/C15H29NO3S/c1-6-20-11-7-10-18-15(5)8-9-16(12-15)13(17)19-14(2,3)4/h6-12H2,1-5H3. The summed E-state index contributed by atoms with van der Waals surface area (Å²) in [6, 6.07) is 0. The van der Waals surface area contributed by atoms with E-state index in [0.29, 0.717) is 6.54 Å². The highest BCUT2D eigenvalue weighted by atomic mass is 32.2. The SMILES string of the molecule is CCSCCCOC1(C)CCN(C(=O)OC(C)(C)C)C1. The highest BCUT2D eigenvalue weighted by Gasteiger charge is 2.38. The number of carbonyl (C=O) groups excluding carboxylic acids is 1. The molecule has 0 aromatic carbocycles. The van der Waals surface area contributed by atoms with E-state index in [-0.39, 0.29) is 11.7 Å². The van der Waals surface area contributed by atoms with Crippen molar-refractivity contribution in [1.29, 1.82) is 0 Å². The minimum absolute atomic E-state index is 0.214. The van der Waals surface area contributed by atoms with Crippen molar-refractivity contribution < 1.29 is 14.3 Å². The van der Waals surface area contributed by atoms with E-state index in [2.05, 4.69) is 13.8 Å². The second-order valence-corrected chi connectivity index (χ2v) is 7.89. The quantitative estimate of drug-likeness (QED) is 0.704. The summed E-state index contributed by atoms with van der Waals surface area (Å²) in [5, 5.41) is 0. The molecule has 1 atom stereocenters. The summed E-state index contributed by atoms with van der Waals surface area (Å²) < 4.78 is 11.4. The van der Waals surface area contributed by atoms with E-state index in [9.17, 15) is 4.79 Å². The zero-order valence-electron chi connectivity index (χ0n) is 13.5. The minimum atomic E-state index is -0.436. The molecule has 1 fully saturated rings. The number of ether oxygens (including phenoxy) is 2. The van der Waals surface area contributed by atoms with Crippen LogP contribution < -0.4 is 0 Å². The monoisotopic (exact) mass is 303 g/mol. The van der Waals surface area contributed by atoms with Gasteiger partial charge in [-0.1, -0.05) is 6.92 Å². The Morgan fingerprint density at radius 1 is 1.40 bits per heavy atom. The molecule has 1 saturated heterocycles. The van der Waals surface area contributed by atoms with Crippen LogP contribution in [-0.2, 0) is 9.47 Å². The van der Waals surface area contributed by atoms with Crippen LogP contribution in [-0.4, -0.2) is 53.4 Å². The lowest BCUT2D eigenvalue weighted by atomic mass is 10.1. The van der Waals surface area contributed by atoms with Crippen molar-refractivity contribution in [3.8, 4) is 0 Å². The summed E-state index contributed by atoms with van der Waals surface area (Å²) in [5.74, 6) is 2.30. The zero-order valence-corrected chi connectivity index (χ0v) is 14.3. The van der Waals surface area contributed by atoms with Gasteiger partial charge in [-0.3, -0.25) is 0 Å². The Labute approximate surface area is 127 Å². The Balaban J connectivity index is 2.31. The average molecular weight is 303 g/mol. The molecule has 0 aromatic heterocycles. The van der Waals surface area contributed by atoms with Crippen molar-refractivity contribution >= 4 is 17.9 Å². The number of nitrogens with zero attached hydrogens (tertiary/aromatic N) is 1. The fourth-order valence-corrected chi connectivity index (χ4v) is 2.77. The number of likely N-dealkylation sites (tertiary alicyclic amines) is 1. The second kappa shape index (κ2) is 7.55. The molecule has 4 nitrogen and oxygen atoms in total. The lowest BCUT2D eigenvalue weighted by molar-refractivity contribution is -0.0265. The van der Waals surface area contributed by atoms with E-state index in [1.807, 2.05) is 32.5 Å². The molecule has 0 spiro atoms. The minimum Gasteiger partial charge on any atom is -0.444 e. The van der Waals surface area contributed by atoms with Gasteiger partial charge in [0.2, 0.25) is 0 Å². The van der Waals surface area contributed by atoms with Gasteiger partial charge in [0.15, 0.2) is 0 Å². The molecule has 0 aromatic rings. The van der Waals surface area contributed by atoms with Crippen LogP contribution in [0.3, 0.4) is 0 Å². The fourth-order valence-electron chi connectivity index (χ4n) is 2.16. The summed E-state index contributed by atoms with van der Waals surface area (Å²) in [6.07, 6.45) is 1.72. The van der Waals surface area contributed by atoms with Crippen LogP contribution in [0.15, 0.2) is 0 Å². The molecule has 0 aliphatic carbocycles. The molecule has 1 rings (SSSR count). The Morgan fingerprint density at radius 2 is 2.10 bits per heavy atom. The van der Waals surface area contributed by atoms with Crippen LogP contribution in [0.2, 0.25) is 0 Å². The second-order valence-electron chi connectivity index (χ2n) is 6.50. The molecule has 1 heterocycles. The van der Waals surface area contributed by atoms with Crippen molar-refractivity contribution in [2.75, 3.05) is 31.2 Å². The molecule has 0 N–H and O–H groups in total. The maximum Gasteiger partial charge on any atom is 0.410 e. The predicted octanol–water partition coefficient (Wildman–Crippen LogP) is 3.55. The van der Waals surface area contributed by atoms with Crippen molar-refractivity contribution in [2.45, 2.75) is 58.7 Å². The molecular weight excluding hydrogens is 274 g/mol. The van der Waals surface area contributed by atoms with Gasteiger partial charge in [-0.25, -0.2) is 4.79 Å². The Hall–Kier alpha value is -0.420. The number of hydrogen-bond donors (Lipinski definition) is 0. The van der Waals surface area contributed by atoms with Gasteiger partial charge in [0.1, 0.15) is 5.60 Å². The van der Waals surface area contributed by atoms with Gasteiger partial charge in [-0.05, 0) is 52.0 Å².